The molecular formula is C13H7ClN4O4S. The van der Waals surface area contributed by atoms with Crippen LogP contribution in [-0.2, 0) is 0 Å². The van der Waals surface area contributed by atoms with Crippen LogP contribution < -0.4 is 0 Å². The van der Waals surface area contributed by atoms with Crippen LogP contribution in [0.2, 0.25) is 5.15 Å². The normalized spacial score (nSPS) is 10.7. The molecule has 0 unspecified atom stereocenters. The fourth-order valence-corrected chi connectivity index (χ4v) is 2.85. The lowest BCUT2D eigenvalue weighted by atomic mass is 10.1. The number of nitrogens with zero attached hydrogens (tertiary/aromatic N) is 4. The Labute approximate surface area is 137 Å². The first-order chi connectivity index (χ1) is 11.0. The number of benzene rings is 1. The summed E-state index contributed by atoms with van der Waals surface area (Å²) in [6, 6.07) is 5.61. The standard InChI is InChI=1S/C13H7ClN4O4S/c14-10-5-6(1-2-15-10)13-11(16-17-23-13)7-3-8(18(21)22)12(20)9(19)4-7/h1-5,19-20H. The summed E-state index contributed by atoms with van der Waals surface area (Å²) >= 11 is 6.93. The van der Waals surface area contributed by atoms with E-state index >= 15 is 0 Å². The number of rotatable bonds is 3. The molecule has 3 aromatic rings. The molecule has 0 saturated carbocycles. The fourth-order valence-electron chi connectivity index (χ4n) is 1.99. The highest BCUT2D eigenvalue weighted by atomic mass is 35.5. The van der Waals surface area contributed by atoms with E-state index in [-0.39, 0.29) is 10.7 Å². The van der Waals surface area contributed by atoms with Crippen LogP contribution in [0.15, 0.2) is 30.5 Å². The van der Waals surface area contributed by atoms with E-state index in [9.17, 15) is 20.3 Å². The fraction of sp³-hybridized carbons (Fsp3) is 0. The highest BCUT2D eigenvalue weighted by molar-refractivity contribution is 7.09. The SMILES string of the molecule is O=[N+]([O-])c1cc(-c2nnsc2-c2ccnc(Cl)c2)cc(O)c1O. The van der Waals surface area contributed by atoms with Gasteiger partial charge in [-0.1, -0.05) is 16.1 Å². The summed E-state index contributed by atoms with van der Waals surface area (Å²) in [5.74, 6) is -1.41. The van der Waals surface area contributed by atoms with E-state index in [4.69, 9.17) is 11.6 Å². The molecule has 2 heterocycles. The molecular weight excluding hydrogens is 344 g/mol. The topological polar surface area (TPSA) is 122 Å². The van der Waals surface area contributed by atoms with Crippen LogP contribution in [0.4, 0.5) is 5.69 Å². The number of nitro groups is 1. The largest absolute Gasteiger partial charge is 0.504 e. The third-order valence-electron chi connectivity index (χ3n) is 3.02. The van der Waals surface area contributed by atoms with E-state index in [2.05, 4.69) is 14.6 Å². The second kappa shape index (κ2) is 5.78. The van der Waals surface area contributed by atoms with Gasteiger partial charge in [0, 0.05) is 23.4 Å². The maximum atomic E-state index is 11.0. The quantitative estimate of drug-likeness (QED) is 0.321. The van der Waals surface area contributed by atoms with Crippen molar-refractivity contribution in [1.82, 2.24) is 14.6 Å². The number of pyridine rings is 1. The minimum absolute atomic E-state index is 0.253. The van der Waals surface area contributed by atoms with Gasteiger partial charge in [-0.05, 0) is 29.7 Å². The van der Waals surface area contributed by atoms with Crippen LogP contribution in [0.25, 0.3) is 21.7 Å². The third-order valence-corrected chi connectivity index (χ3v) is 4.00. The Morgan fingerprint density at radius 3 is 2.70 bits per heavy atom. The van der Waals surface area contributed by atoms with Gasteiger partial charge >= 0.3 is 5.69 Å². The van der Waals surface area contributed by atoms with Gasteiger partial charge in [-0.2, -0.15) is 0 Å². The highest BCUT2D eigenvalue weighted by Gasteiger charge is 2.22. The van der Waals surface area contributed by atoms with Crippen molar-refractivity contribution in [3.63, 3.8) is 0 Å². The molecule has 0 aliphatic rings. The average Bonchev–Trinajstić information content (AvgIpc) is 2.99. The van der Waals surface area contributed by atoms with Crippen LogP contribution in [0.5, 0.6) is 11.5 Å². The number of nitro benzene ring substituents is 1. The molecule has 0 spiro atoms. The Morgan fingerprint density at radius 2 is 2.00 bits per heavy atom. The Morgan fingerprint density at radius 1 is 1.22 bits per heavy atom. The second-order valence-corrected chi connectivity index (χ2v) is 5.58. The third kappa shape index (κ3) is 2.79. The molecule has 0 atom stereocenters. The summed E-state index contributed by atoms with van der Waals surface area (Å²) in [6.45, 7) is 0. The molecule has 0 aliphatic heterocycles. The summed E-state index contributed by atoms with van der Waals surface area (Å²) in [7, 11) is 0. The molecule has 10 heteroatoms. The summed E-state index contributed by atoms with van der Waals surface area (Å²) in [5, 5.41) is 34.5. The van der Waals surface area contributed by atoms with Gasteiger partial charge in [0.2, 0.25) is 5.75 Å². The molecule has 0 aliphatic carbocycles. The van der Waals surface area contributed by atoms with Gasteiger partial charge in [0.15, 0.2) is 5.75 Å². The molecule has 23 heavy (non-hydrogen) atoms. The van der Waals surface area contributed by atoms with Crippen LogP contribution in [0.1, 0.15) is 0 Å². The predicted octanol–water partition coefficient (Wildman–Crippen LogP) is 3.24. The van der Waals surface area contributed by atoms with Gasteiger partial charge in [-0.15, -0.1) is 5.10 Å². The minimum atomic E-state index is -0.796. The predicted molar refractivity (Wildman–Crippen MR) is 83.6 cm³/mol. The lowest BCUT2D eigenvalue weighted by Crippen LogP contribution is -1.91. The summed E-state index contributed by atoms with van der Waals surface area (Å²) < 4.78 is 3.85. The zero-order valence-corrected chi connectivity index (χ0v) is 12.7. The number of aromatic nitrogens is 3. The zero-order chi connectivity index (χ0) is 16.6. The molecule has 0 saturated heterocycles. The first-order valence-electron chi connectivity index (χ1n) is 6.12. The second-order valence-electron chi connectivity index (χ2n) is 4.44. The first kappa shape index (κ1) is 15.1. The molecule has 2 N–H and O–H groups in total. The Hall–Kier alpha value is -2.78. The number of halogens is 1. The van der Waals surface area contributed by atoms with Crippen molar-refractivity contribution >= 4 is 28.8 Å². The van der Waals surface area contributed by atoms with Crippen molar-refractivity contribution < 1.29 is 15.1 Å². The maximum Gasteiger partial charge on any atom is 0.315 e. The van der Waals surface area contributed by atoms with E-state index in [1.54, 1.807) is 12.1 Å². The molecule has 1 aromatic carbocycles. The lowest BCUT2D eigenvalue weighted by Gasteiger charge is -2.05. The van der Waals surface area contributed by atoms with Gasteiger partial charge in [0.25, 0.3) is 0 Å². The molecule has 8 nitrogen and oxygen atoms in total. The number of aromatic hydroxyl groups is 2. The van der Waals surface area contributed by atoms with Gasteiger partial charge in [0.05, 0.1) is 9.80 Å². The molecule has 0 bridgehead atoms. The number of hydrogen-bond donors (Lipinski definition) is 2. The molecule has 3 rings (SSSR count). The van der Waals surface area contributed by atoms with E-state index in [0.29, 0.717) is 16.1 Å². The Bertz CT molecular complexity index is 915. The molecule has 0 radical (unpaired) electrons. The first-order valence-corrected chi connectivity index (χ1v) is 7.27. The van der Waals surface area contributed by atoms with Crippen molar-refractivity contribution in [2.24, 2.45) is 0 Å². The lowest BCUT2D eigenvalue weighted by molar-refractivity contribution is -0.385. The van der Waals surface area contributed by atoms with Crippen molar-refractivity contribution in [3.8, 4) is 33.2 Å². The summed E-state index contributed by atoms with van der Waals surface area (Å²) in [6.07, 6.45) is 1.51. The summed E-state index contributed by atoms with van der Waals surface area (Å²) in [4.78, 5) is 14.7. The average molecular weight is 351 g/mol. The monoisotopic (exact) mass is 350 g/mol. The van der Waals surface area contributed by atoms with E-state index in [1.807, 2.05) is 0 Å². The van der Waals surface area contributed by atoms with Crippen LogP contribution in [0.3, 0.4) is 0 Å². The number of phenols is 2. The van der Waals surface area contributed by atoms with Gasteiger partial charge < -0.3 is 10.2 Å². The van der Waals surface area contributed by atoms with E-state index < -0.39 is 22.1 Å². The molecule has 2 aromatic heterocycles. The smallest absolute Gasteiger partial charge is 0.315 e. The number of hydrogen-bond acceptors (Lipinski definition) is 8. The summed E-state index contributed by atoms with van der Waals surface area (Å²) in [5.41, 5.74) is 0.649. The van der Waals surface area contributed by atoms with Crippen molar-refractivity contribution in [2.75, 3.05) is 0 Å². The maximum absolute atomic E-state index is 11.0. The number of phenolic OH excluding ortho intramolecular Hbond substituents is 2. The van der Waals surface area contributed by atoms with Crippen molar-refractivity contribution in [2.45, 2.75) is 0 Å². The molecule has 116 valence electrons. The molecule has 0 amide bonds. The van der Waals surface area contributed by atoms with Crippen molar-refractivity contribution in [3.05, 3.63) is 45.7 Å². The Kier molecular flexibility index (Phi) is 3.80. The van der Waals surface area contributed by atoms with Gasteiger partial charge in [-0.3, -0.25) is 10.1 Å². The van der Waals surface area contributed by atoms with Gasteiger partial charge in [0.1, 0.15) is 10.8 Å². The Balaban J connectivity index is 2.18. The van der Waals surface area contributed by atoms with Crippen LogP contribution in [-0.4, -0.2) is 29.7 Å². The van der Waals surface area contributed by atoms with E-state index in [1.165, 1.54) is 12.3 Å². The van der Waals surface area contributed by atoms with Crippen LogP contribution in [0, 0.1) is 10.1 Å². The van der Waals surface area contributed by atoms with E-state index in [0.717, 1.165) is 17.6 Å². The zero-order valence-electron chi connectivity index (χ0n) is 11.2. The highest BCUT2D eigenvalue weighted by Crippen LogP contribution is 2.42. The molecule has 0 fully saturated rings. The van der Waals surface area contributed by atoms with Crippen LogP contribution >= 0.6 is 23.1 Å². The van der Waals surface area contributed by atoms with Gasteiger partial charge in [-0.25, -0.2) is 4.98 Å². The van der Waals surface area contributed by atoms with Crippen molar-refractivity contribution in [1.29, 1.82) is 0 Å². The minimum Gasteiger partial charge on any atom is -0.504 e.